The zero-order valence-corrected chi connectivity index (χ0v) is 11.2. The molecule has 0 radical (unpaired) electrons. The second kappa shape index (κ2) is 4.10. The summed E-state index contributed by atoms with van der Waals surface area (Å²) in [6.45, 7) is 2.25. The van der Waals surface area contributed by atoms with Crippen molar-refractivity contribution in [3.8, 4) is 0 Å². The van der Waals surface area contributed by atoms with Crippen molar-refractivity contribution in [1.82, 2.24) is 4.90 Å². The summed E-state index contributed by atoms with van der Waals surface area (Å²) < 4.78 is 5.18. The number of hydrogen-bond acceptors (Lipinski definition) is 2. The summed E-state index contributed by atoms with van der Waals surface area (Å²) in [5.41, 5.74) is 2.45. The Balaban J connectivity index is 1.83. The highest BCUT2D eigenvalue weighted by Gasteiger charge is 2.43. The van der Waals surface area contributed by atoms with Gasteiger partial charge in [-0.3, -0.25) is 4.90 Å². The highest BCUT2D eigenvalue weighted by molar-refractivity contribution is 5.86. The first-order valence-corrected chi connectivity index (χ1v) is 6.95. The SMILES string of the molecule is CCOC(=O)N1C2C=CC1c1cc3ccccc3cc12. The van der Waals surface area contributed by atoms with Crippen LogP contribution in [0.5, 0.6) is 0 Å². The number of fused-ring (bicyclic) bond motifs is 6. The van der Waals surface area contributed by atoms with Gasteiger partial charge in [-0.15, -0.1) is 0 Å². The van der Waals surface area contributed by atoms with Gasteiger partial charge in [-0.05, 0) is 41.0 Å². The molecule has 2 heterocycles. The van der Waals surface area contributed by atoms with E-state index in [1.165, 1.54) is 21.9 Å². The van der Waals surface area contributed by atoms with Gasteiger partial charge >= 0.3 is 6.09 Å². The lowest BCUT2D eigenvalue weighted by Crippen LogP contribution is -2.29. The average molecular weight is 265 g/mol. The summed E-state index contributed by atoms with van der Waals surface area (Å²) in [7, 11) is 0. The molecule has 0 saturated heterocycles. The zero-order valence-electron chi connectivity index (χ0n) is 11.2. The molecule has 100 valence electrons. The standard InChI is InChI=1S/C17H15NO2/c1-2-20-17(19)18-15-7-8-16(18)14-10-12-6-4-3-5-11(12)9-13(14)15/h3-10,15-16H,2H2,1H3. The van der Waals surface area contributed by atoms with Crippen LogP contribution in [0.15, 0.2) is 48.6 Å². The van der Waals surface area contributed by atoms with Gasteiger partial charge in [0, 0.05) is 0 Å². The molecule has 0 N–H and O–H groups in total. The van der Waals surface area contributed by atoms with Gasteiger partial charge in [0.2, 0.25) is 0 Å². The van der Waals surface area contributed by atoms with Crippen LogP contribution in [0.2, 0.25) is 0 Å². The first-order chi connectivity index (χ1) is 9.79. The second-order valence-corrected chi connectivity index (χ2v) is 5.21. The van der Waals surface area contributed by atoms with Gasteiger partial charge in [-0.25, -0.2) is 4.79 Å². The van der Waals surface area contributed by atoms with Crippen LogP contribution < -0.4 is 0 Å². The molecule has 0 aliphatic carbocycles. The molecule has 2 aliphatic heterocycles. The van der Waals surface area contributed by atoms with Crippen LogP contribution in [0.25, 0.3) is 10.8 Å². The van der Waals surface area contributed by atoms with E-state index in [0.717, 1.165) is 0 Å². The molecule has 2 unspecified atom stereocenters. The van der Waals surface area contributed by atoms with Gasteiger partial charge in [0.05, 0.1) is 18.7 Å². The number of rotatable bonds is 1. The Hall–Kier alpha value is -2.29. The fraction of sp³-hybridized carbons (Fsp3) is 0.235. The van der Waals surface area contributed by atoms with E-state index in [9.17, 15) is 4.79 Å². The maximum absolute atomic E-state index is 12.1. The average Bonchev–Trinajstić information content (AvgIpc) is 3.02. The minimum Gasteiger partial charge on any atom is -0.450 e. The van der Waals surface area contributed by atoms with Gasteiger partial charge in [0.15, 0.2) is 0 Å². The summed E-state index contributed by atoms with van der Waals surface area (Å²) in [5, 5.41) is 2.44. The van der Waals surface area contributed by atoms with Crippen LogP contribution in [0.1, 0.15) is 30.1 Å². The van der Waals surface area contributed by atoms with Crippen molar-refractivity contribution in [1.29, 1.82) is 0 Å². The Labute approximate surface area is 117 Å². The summed E-state index contributed by atoms with van der Waals surface area (Å²) in [4.78, 5) is 14.0. The fourth-order valence-electron chi connectivity index (χ4n) is 3.29. The van der Waals surface area contributed by atoms with E-state index in [2.05, 4.69) is 36.4 Å². The van der Waals surface area contributed by atoms with Crippen molar-refractivity contribution >= 4 is 16.9 Å². The van der Waals surface area contributed by atoms with Crippen molar-refractivity contribution in [3.63, 3.8) is 0 Å². The third-order valence-electron chi connectivity index (χ3n) is 4.14. The van der Waals surface area contributed by atoms with E-state index >= 15 is 0 Å². The molecule has 2 aliphatic rings. The molecule has 4 rings (SSSR count). The van der Waals surface area contributed by atoms with Crippen molar-refractivity contribution in [2.75, 3.05) is 6.61 Å². The molecule has 0 spiro atoms. The number of carbonyl (C=O) groups is 1. The molecule has 1 amide bonds. The van der Waals surface area contributed by atoms with E-state index in [-0.39, 0.29) is 18.2 Å². The van der Waals surface area contributed by atoms with Crippen LogP contribution in [-0.2, 0) is 4.74 Å². The number of benzene rings is 2. The normalized spacial score (nSPS) is 22.4. The summed E-state index contributed by atoms with van der Waals surface area (Å²) in [6, 6.07) is 12.8. The molecule has 3 heteroatoms. The molecule has 2 atom stereocenters. The first kappa shape index (κ1) is 11.5. The summed E-state index contributed by atoms with van der Waals surface area (Å²) >= 11 is 0. The topological polar surface area (TPSA) is 29.5 Å². The third kappa shape index (κ3) is 1.43. The van der Waals surface area contributed by atoms with Crippen LogP contribution in [0.4, 0.5) is 4.79 Å². The van der Waals surface area contributed by atoms with Crippen molar-refractivity contribution in [2.24, 2.45) is 0 Å². The Kier molecular flexibility index (Phi) is 2.36. The number of ether oxygens (including phenoxy) is 1. The second-order valence-electron chi connectivity index (χ2n) is 5.21. The molecule has 0 saturated carbocycles. The third-order valence-corrected chi connectivity index (χ3v) is 4.14. The highest BCUT2D eigenvalue weighted by Crippen LogP contribution is 2.49. The minimum atomic E-state index is -0.229. The zero-order chi connectivity index (χ0) is 13.7. The van der Waals surface area contributed by atoms with E-state index in [4.69, 9.17) is 4.74 Å². The molecule has 0 aromatic heterocycles. The van der Waals surface area contributed by atoms with E-state index in [0.29, 0.717) is 6.61 Å². The Morgan fingerprint density at radius 1 is 1.10 bits per heavy atom. The van der Waals surface area contributed by atoms with Crippen LogP contribution >= 0.6 is 0 Å². The van der Waals surface area contributed by atoms with Crippen molar-refractivity contribution in [3.05, 3.63) is 59.7 Å². The van der Waals surface area contributed by atoms with Gasteiger partial charge in [0.1, 0.15) is 0 Å². The first-order valence-electron chi connectivity index (χ1n) is 6.95. The lowest BCUT2D eigenvalue weighted by molar-refractivity contribution is 0.0980. The maximum Gasteiger partial charge on any atom is 0.411 e. The Morgan fingerprint density at radius 2 is 1.65 bits per heavy atom. The number of hydrogen-bond donors (Lipinski definition) is 0. The molecule has 20 heavy (non-hydrogen) atoms. The lowest BCUT2D eigenvalue weighted by Gasteiger charge is -2.21. The highest BCUT2D eigenvalue weighted by atomic mass is 16.6. The molecule has 2 aromatic rings. The number of nitrogens with zero attached hydrogens (tertiary/aromatic N) is 1. The number of amides is 1. The van der Waals surface area contributed by atoms with Gasteiger partial charge in [-0.1, -0.05) is 36.4 Å². The molecule has 2 bridgehead atoms. The predicted octanol–water partition coefficient (Wildman–Crippen LogP) is 3.96. The largest absolute Gasteiger partial charge is 0.450 e. The lowest BCUT2D eigenvalue weighted by atomic mass is 9.93. The monoisotopic (exact) mass is 265 g/mol. The molecular formula is C17H15NO2. The maximum atomic E-state index is 12.1. The number of carbonyl (C=O) groups excluding carboxylic acids is 1. The smallest absolute Gasteiger partial charge is 0.411 e. The summed E-state index contributed by atoms with van der Waals surface area (Å²) in [5.74, 6) is 0. The van der Waals surface area contributed by atoms with E-state index in [1.54, 1.807) is 0 Å². The van der Waals surface area contributed by atoms with Crippen LogP contribution in [0.3, 0.4) is 0 Å². The van der Waals surface area contributed by atoms with Crippen LogP contribution in [-0.4, -0.2) is 17.6 Å². The van der Waals surface area contributed by atoms with Gasteiger partial charge in [0.25, 0.3) is 0 Å². The predicted molar refractivity (Wildman–Crippen MR) is 77.4 cm³/mol. The van der Waals surface area contributed by atoms with Gasteiger partial charge in [-0.2, -0.15) is 0 Å². The summed E-state index contributed by atoms with van der Waals surface area (Å²) in [6.07, 6.45) is 3.96. The van der Waals surface area contributed by atoms with Crippen LogP contribution in [0, 0.1) is 0 Å². The molecule has 3 nitrogen and oxygen atoms in total. The molecule has 2 aromatic carbocycles. The van der Waals surface area contributed by atoms with Crippen molar-refractivity contribution in [2.45, 2.75) is 19.0 Å². The Bertz CT molecular complexity index is 682. The minimum absolute atomic E-state index is 0.0265. The fourth-order valence-corrected chi connectivity index (χ4v) is 3.29. The van der Waals surface area contributed by atoms with Crippen molar-refractivity contribution < 1.29 is 9.53 Å². The van der Waals surface area contributed by atoms with E-state index < -0.39 is 0 Å². The Morgan fingerprint density at radius 3 is 2.15 bits per heavy atom. The molecule has 0 fully saturated rings. The quantitative estimate of drug-likeness (QED) is 0.730. The van der Waals surface area contributed by atoms with Gasteiger partial charge < -0.3 is 4.74 Å². The molecular weight excluding hydrogens is 250 g/mol. The van der Waals surface area contributed by atoms with E-state index in [1.807, 2.05) is 24.0 Å².